The maximum atomic E-state index is 13.7. The van der Waals surface area contributed by atoms with Gasteiger partial charge in [0.05, 0.1) is 11.6 Å². The lowest BCUT2D eigenvalue weighted by atomic mass is 9.59. The second kappa shape index (κ2) is 7.90. The fourth-order valence-corrected chi connectivity index (χ4v) is 5.99. The van der Waals surface area contributed by atoms with E-state index < -0.39 is 5.41 Å². The summed E-state index contributed by atoms with van der Waals surface area (Å²) in [5.74, 6) is 1.13. The summed E-state index contributed by atoms with van der Waals surface area (Å²) >= 11 is 0. The molecule has 2 atom stereocenters. The number of ketones is 1. The summed E-state index contributed by atoms with van der Waals surface area (Å²) in [4.78, 5) is 20.6. The van der Waals surface area contributed by atoms with E-state index in [0.29, 0.717) is 6.42 Å². The Balaban J connectivity index is 1.67. The average molecular weight is 456 g/mol. The number of azo groups is 1. The Morgan fingerprint density at radius 3 is 2.68 bits per heavy atom. The van der Waals surface area contributed by atoms with E-state index in [9.17, 15) is 4.79 Å². The van der Waals surface area contributed by atoms with Gasteiger partial charge in [-0.2, -0.15) is 10.2 Å². The molecule has 1 aromatic heterocycles. The van der Waals surface area contributed by atoms with Crippen molar-refractivity contribution in [2.24, 2.45) is 15.6 Å². The van der Waals surface area contributed by atoms with Crippen LogP contribution in [0, 0.1) is 19.3 Å². The number of carbonyl (C=O) groups excluding carboxylic acids is 1. The molecule has 0 fully saturated rings. The van der Waals surface area contributed by atoms with Crippen LogP contribution in [0.5, 0.6) is 0 Å². The van der Waals surface area contributed by atoms with Crippen molar-refractivity contribution >= 4 is 17.3 Å². The van der Waals surface area contributed by atoms with Crippen molar-refractivity contribution in [1.82, 2.24) is 10.3 Å². The quantitative estimate of drug-likeness (QED) is 0.610. The molecule has 3 aliphatic rings. The van der Waals surface area contributed by atoms with E-state index in [-0.39, 0.29) is 17.4 Å². The van der Waals surface area contributed by atoms with Crippen LogP contribution in [-0.4, -0.2) is 24.0 Å². The van der Waals surface area contributed by atoms with E-state index in [4.69, 9.17) is 4.98 Å². The molecule has 1 aromatic carbocycles. The number of carbonyl (C=O) groups is 1. The molecule has 2 aliphatic heterocycles. The van der Waals surface area contributed by atoms with Crippen LogP contribution in [0.25, 0.3) is 0 Å². The second-order valence-corrected chi connectivity index (χ2v) is 10.7. The highest BCUT2D eigenvalue weighted by Crippen LogP contribution is 2.54. The largest absolute Gasteiger partial charge is 0.362 e. The van der Waals surface area contributed by atoms with E-state index in [1.807, 2.05) is 20.2 Å². The van der Waals surface area contributed by atoms with Crippen LogP contribution >= 0.6 is 0 Å². The third kappa shape index (κ3) is 3.47. The van der Waals surface area contributed by atoms with Crippen LogP contribution in [0.1, 0.15) is 56.9 Å². The predicted octanol–water partition coefficient (Wildman–Crippen LogP) is 6.04. The molecule has 0 saturated carbocycles. The van der Waals surface area contributed by atoms with E-state index >= 15 is 0 Å². The lowest BCUT2D eigenvalue weighted by Gasteiger charge is -2.48. The summed E-state index contributed by atoms with van der Waals surface area (Å²) in [7, 11) is 2.04. The first-order chi connectivity index (χ1) is 16.1. The fourth-order valence-electron chi connectivity index (χ4n) is 5.99. The molecule has 6 heteroatoms. The summed E-state index contributed by atoms with van der Waals surface area (Å²) in [6.45, 7) is 10.6. The Kier molecular flexibility index (Phi) is 5.23. The maximum Gasteiger partial charge on any atom is 0.164 e. The first-order valence-corrected chi connectivity index (χ1v) is 12.1. The van der Waals surface area contributed by atoms with Gasteiger partial charge in [-0.1, -0.05) is 32.9 Å². The highest BCUT2D eigenvalue weighted by molar-refractivity contribution is 6.01. The summed E-state index contributed by atoms with van der Waals surface area (Å²) in [5, 5.41) is 12.3. The topological polar surface area (TPSA) is 70.0 Å². The third-order valence-corrected chi connectivity index (χ3v) is 7.46. The van der Waals surface area contributed by atoms with Crippen LogP contribution in [0.3, 0.4) is 0 Å². The Morgan fingerprint density at radius 1 is 1.15 bits per heavy atom. The number of allylic oxidation sites excluding steroid dienone is 2. The van der Waals surface area contributed by atoms with Crippen molar-refractivity contribution in [2.75, 3.05) is 11.9 Å². The van der Waals surface area contributed by atoms with Crippen LogP contribution in [0.4, 0.5) is 11.5 Å². The smallest absolute Gasteiger partial charge is 0.164 e. The molecule has 176 valence electrons. The van der Waals surface area contributed by atoms with Crippen molar-refractivity contribution in [3.05, 3.63) is 76.3 Å². The number of nitrogens with zero attached hydrogens (tertiary/aromatic N) is 4. The normalized spacial score (nSPS) is 24.9. The zero-order valence-electron chi connectivity index (χ0n) is 20.9. The van der Waals surface area contributed by atoms with Crippen molar-refractivity contribution in [3.63, 3.8) is 0 Å². The van der Waals surface area contributed by atoms with Crippen LogP contribution < -0.4 is 10.2 Å². The van der Waals surface area contributed by atoms with Gasteiger partial charge >= 0.3 is 0 Å². The molecular weight excluding hydrogens is 422 g/mol. The molecule has 5 rings (SSSR count). The minimum absolute atomic E-state index is 0.0733. The SMILES string of the molecule is CCC1(c2cccc(N(C)c3cc(C)cc(C)n3)c2)C2=CN=NC2NC2=C1C(=O)CC(C)(C)C2. The number of rotatable bonds is 4. The Labute approximate surface area is 201 Å². The standard InChI is InChI=1S/C28H33N5O/c1-7-28(19-9-8-10-20(13-19)33(6)24-12-17(2)11-18(3)30-24)21-16-29-32-26(21)31-22-14-27(4,5)15-23(34)25(22)28/h8-13,16,26,31H,7,14-15H2,1-6H3. The van der Waals surface area contributed by atoms with Gasteiger partial charge in [-0.05, 0) is 67.5 Å². The number of Topliss-reactive ketones (excluding diaryl/α,β-unsaturated/α-hetero) is 1. The van der Waals surface area contributed by atoms with Gasteiger partial charge < -0.3 is 10.2 Å². The number of anilines is 2. The first-order valence-electron chi connectivity index (χ1n) is 12.1. The second-order valence-electron chi connectivity index (χ2n) is 10.7. The lowest BCUT2D eigenvalue weighted by Crippen LogP contribution is -2.51. The maximum absolute atomic E-state index is 13.7. The van der Waals surface area contributed by atoms with Gasteiger partial charge in [0.1, 0.15) is 5.82 Å². The van der Waals surface area contributed by atoms with E-state index in [1.54, 1.807) is 0 Å². The number of aryl methyl sites for hydroxylation is 2. The molecule has 0 radical (unpaired) electrons. The van der Waals surface area contributed by atoms with Gasteiger partial charge in [-0.25, -0.2) is 4.98 Å². The summed E-state index contributed by atoms with van der Waals surface area (Å²) in [6.07, 6.45) is 3.79. The molecule has 34 heavy (non-hydrogen) atoms. The number of nitrogens with one attached hydrogen (secondary N) is 1. The Morgan fingerprint density at radius 2 is 1.94 bits per heavy atom. The van der Waals surface area contributed by atoms with Gasteiger partial charge in [0.25, 0.3) is 0 Å². The molecule has 2 aromatic rings. The van der Waals surface area contributed by atoms with Crippen molar-refractivity contribution in [1.29, 1.82) is 0 Å². The van der Waals surface area contributed by atoms with Crippen LogP contribution in [-0.2, 0) is 10.2 Å². The number of hydrogen-bond acceptors (Lipinski definition) is 6. The molecule has 0 bridgehead atoms. The zero-order valence-corrected chi connectivity index (χ0v) is 20.9. The summed E-state index contributed by atoms with van der Waals surface area (Å²) in [5.41, 5.74) is 6.69. The molecule has 0 amide bonds. The number of benzene rings is 1. The minimum atomic E-state index is -0.546. The highest BCUT2D eigenvalue weighted by Gasteiger charge is 2.53. The number of fused-ring (bicyclic) bond motifs is 1. The molecule has 0 spiro atoms. The van der Waals surface area contributed by atoms with E-state index in [2.05, 4.69) is 84.5 Å². The summed E-state index contributed by atoms with van der Waals surface area (Å²) < 4.78 is 0. The fraction of sp³-hybridized carbons (Fsp3) is 0.429. The number of aromatic nitrogens is 1. The lowest BCUT2D eigenvalue weighted by molar-refractivity contribution is -0.119. The Bertz CT molecular complexity index is 1250. The van der Waals surface area contributed by atoms with Gasteiger partial charge in [-0.3, -0.25) is 4.79 Å². The number of pyridine rings is 1. The summed E-state index contributed by atoms with van der Waals surface area (Å²) in [6, 6.07) is 12.7. The highest BCUT2D eigenvalue weighted by atomic mass is 16.1. The molecule has 3 heterocycles. The first kappa shape index (κ1) is 22.5. The van der Waals surface area contributed by atoms with E-state index in [0.717, 1.165) is 52.4 Å². The molecule has 1 N–H and O–H groups in total. The van der Waals surface area contributed by atoms with Gasteiger partial charge in [-0.15, -0.1) is 0 Å². The van der Waals surface area contributed by atoms with Crippen LogP contribution in [0.2, 0.25) is 0 Å². The molecule has 0 saturated heterocycles. The predicted molar refractivity (Wildman–Crippen MR) is 135 cm³/mol. The molecule has 2 unspecified atom stereocenters. The monoisotopic (exact) mass is 455 g/mol. The molecule has 6 nitrogen and oxygen atoms in total. The van der Waals surface area contributed by atoms with Crippen molar-refractivity contribution in [3.8, 4) is 0 Å². The van der Waals surface area contributed by atoms with Gasteiger partial charge in [0.2, 0.25) is 0 Å². The van der Waals surface area contributed by atoms with E-state index in [1.165, 1.54) is 5.56 Å². The van der Waals surface area contributed by atoms with Crippen LogP contribution in [0.15, 0.2) is 69.7 Å². The third-order valence-electron chi connectivity index (χ3n) is 7.46. The average Bonchev–Trinajstić information content (AvgIpc) is 3.24. The molecular formula is C28H33N5O. The zero-order chi connectivity index (χ0) is 24.3. The van der Waals surface area contributed by atoms with Crippen molar-refractivity contribution < 1.29 is 4.79 Å². The van der Waals surface area contributed by atoms with Crippen molar-refractivity contribution in [2.45, 2.75) is 65.5 Å². The number of hydrogen-bond donors (Lipinski definition) is 1. The minimum Gasteiger partial charge on any atom is -0.362 e. The van der Waals surface area contributed by atoms with Gasteiger partial charge in [0, 0.05) is 41.7 Å². The van der Waals surface area contributed by atoms with Gasteiger partial charge in [0.15, 0.2) is 11.9 Å². The Hall–Kier alpha value is -3.28. The molecule has 1 aliphatic carbocycles.